The Labute approximate surface area is 159 Å². The number of hydrogen-bond donors (Lipinski definition) is 0. The summed E-state index contributed by atoms with van der Waals surface area (Å²) < 4.78 is 7.16. The Kier molecular flexibility index (Phi) is 5.32. The van der Waals surface area contributed by atoms with Crippen molar-refractivity contribution in [3.05, 3.63) is 57.3 Å². The predicted molar refractivity (Wildman–Crippen MR) is 102 cm³/mol. The second-order valence-corrected chi connectivity index (χ2v) is 6.99. The largest absolute Gasteiger partial charge is 0.496 e. The van der Waals surface area contributed by atoms with Crippen LogP contribution in [0.4, 0.5) is 0 Å². The molecular weight excluding hydrogens is 381 g/mol. The molecule has 3 rings (SSSR count). The molecule has 1 amide bonds. The SMILES string of the molecule is COc1ccc(Cl)cc1CN(C)C(=O)/C=C/c1c(Cl)nc2sccn12. The molecule has 3 aromatic rings. The Morgan fingerprint density at radius 1 is 1.44 bits per heavy atom. The summed E-state index contributed by atoms with van der Waals surface area (Å²) in [6.07, 6.45) is 5.01. The summed E-state index contributed by atoms with van der Waals surface area (Å²) in [6, 6.07) is 5.32. The van der Waals surface area contributed by atoms with Gasteiger partial charge in [0, 0.05) is 41.8 Å². The van der Waals surface area contributed by atoms with Gasteiger partial charge >= 0.3 is 0 Å². The zero-order valence-electron chi connectivity index (χ0n) is 13.6. The van der Waals surface area contributed by atoms with Crippen molar-refractivity contribution in [3.63, 3.8) is 0 Å². The van der Waals surface area contributed by atoms with E-state index >= 15 is 0 Å². The summed E-state index contributed by atoms with van der Waals surface area (Å²) in [5.74, 6) is 0.523. The normalized spacial score (nSPS) is 11.4. The standard InChI is InChI=1S/C17H15Cl2N3O2S/c1-21(10-11-9-12(18)3-5-14(11)24-2)15(23)6-4-13-16(19)20-17-22(13)7-8-25-17/h3-9H,10H2,1-2H3/b6-4+. The molecule has 0 aliphatic rings. The molecule has 0 aliphatic heterocycles. The van der Waals surface area contributed by atoms with Gasteiger partial charge in [0.1, 0.15) is 5.75 Å². The minimum atomic E-state index is -0.164. The van der Waals surface area contributed by atoms with Crippen LogP contribution in [0.3, 0.4) is 0 Å². The van der Waals surface area contributed by atoms with Crippen molar-refractivity contribution < 1.29 is 9.53 Å². The molecule has 1 aromatic carbocycles. The van der Waals surface area contributed by atoms with Crippen LogP contribution in [0.25, 0.3) is 11.0 Å². The van der Waals surface area contributed by atoms with Gasteiger partial charge in [-0.2, -0.15) is 0 Å². The fraction of sp³-hybridized carbons (Fsp3) is 0.176. The summed E-state index contributed by atoms with van der Waals surface area (Å²) in [4.78, 5) is 19.0. The van der Waals surface area contributed by atoms with Crippen molar-refractivity contribution in [2.45, 2.75) is 6.54 Å². The van der Waals surface area contributed by atoms with Crippen molar-refractivity contribution in [2.24, 2.45) is 0 Å². The molecule has 0 saturated heterocycles. The zero-order chi connectivity index (χ0) is 18.0. The van der Waals surface area contributed by atoms with Gasteiger partial charge < -0.3 is 9.64 Å². The van der Waals surface area contributed by atoms with Crippen molar-refractivity contribution in [3.8, 4) is 5.75 Å². The number of amides is 1. The quantitative estimate of drug-likeness (QED) is 0.602. The molecule has 130 valence electrons. The van der Waals surface area contributed by atoms with Gasteiger partial charge in [-0.1, -0.05) is 23.2 Å². The number of nitrogens with zero attached hydrogens (tertiary/aromatic N) is 3. The molecule has 0 atom stereocenters. The Bertz CT molecular complexity index is 949. The minimum Gasteiger partial charge on any atom is -0.496 e. The van der Waals surface area contributed by atoms with Gasteiger partial charge in [0.2, 0.25) is 5.91 Å². The smallest absolute Gasteiger partial charge is 0.246 e. The van der Waals surface area contributed by atoms with Gasteiger partial charge in [-0.3, -0.25) is 9.20 Å². The minimum absolute atomic E-state index is 0.164. The van der Waals surface area contributed by atoms with Gasteiger partial charge in [0.05, 0.1) is 12.8 Å². The molecular formula is C17H15Cl2N3O2S. The molecule has 0 saturated carbocycles. The molecule has 25 heavy (non-hydrogen) atoms. The lowest BCUT2D eigenvalue weighted by Crippen LogP contribution is -2.24. The van der Waals surface area contributed by atoms with Crippen LogP contribution in [0.1, 0.15) is 11.3 Å². The first kappa shape index (κ1) is 17.8. The topological polar surface area (TPSA) is 46.8 Å². The highest BCUT2D eigenvalue weighted by molar-refractivity contribution is 7.15. The van der Waals surface area contributed by atoms with Crippen LogP contribution in [0, 0.1) is 0 Å². The number of imidazole rings is 1. The molecule has 8 heteroatoms. The first-order valence-electron chi connectivity index (χ1n) is 7.36. The summed E-state index contributed by atoms with van der Waals surface area (Å²) in [5.41, 5.74) is 1.52. The third-order valence-electron chi connectivity index (χ3n) is 3.66. The number of hydrogen-bond acceptors (Lipinski definition) is 4. The molecule has 2 aromatic heterocycles. The van der Waals surface area contributed by atoms with Crippen LogP contribution < -0.4 is 4.74 Å². The molecule has 5 nitrogen and oxygen atoms in total. The van der Waals surface area contributed by atoms with Crippen molar-refractivity contribution >= 4 is 51.5 Å². The van der Waals surface area contributed by atoms with Crippen molar-refractivity contribution in [2.75, 3.05) is 14.2 Å². The molecule has 0 bridgehead atoms. The van der Waals surface area contributed by atoms with Gasteiger partial charge in [0.25, 0.3) is 0 Å². The Morgan fingerprint density at radius 3 is 3.00 bits per heavy atom. The number of carbonyl (C=O) groups is 1. The van der Waals surface area contributed by atoms with E-state index in [0.717, 1.165) is 10.5 Å². The third-order valence-corrected chi connectivity index (χ3v) is 4.93. The molecule has 0 fully saturated rings. The lowest BCUT2D eigenvalue weighted by molar-refractivity contribution is -0.125. The van der Waals surface area contributed by atoms with Crippen LogP contribution in [0.5, 0.6) is 5.75 Å². The molecule has 0 radical (unpaired) electrons. The van der Waals surface area contributed by atoms with E-state index in [0.29, 0.717) is 28.2 Å². The zero-order valence-corrected chi connectivity index (χ0v) is 15.9. The molecule has 2 heterocycles. The van der Waals surface area contributed by atoms with Crippen molar-refractivity contribution in [1.29, 1.82) is 0 Å². The maximum Gasteiger partial charge on any atom is 0.246 e. The lowest BCUT2D eigenvalue weighted by atomic mass is 10.2. The van der Waals surface area contributed by atoms with Crippen LogP contribution >= 0.6 is 34.5 Å². The molecule has 0 N–H and O–H groups in total. The maximum atomic E-state index is 12.4. The molecule has 0 spiro atoms. The van der Waals surface area contributed by atoms with Crippen LogP contribution in [0.2, 0.25) is 10.2 Å². The van der Waals surface area contributed by atoms with Gasteiger partial charge in [-0.25, -0.2) is 4.98 Å². The number of halogens is 2. The van der Waals surface area contributed by atoms with Crippen LogP contribution in [-0.2, 0) is 11.3 Å². The number of rotatable bonds is 5. The Morgan fingerprint density at radius 2 is 2.24 bits per heavy atom. The van der Waals surface area contributed by atoms with Crippen LogP contribution in [-0.4, -0.2) is 34.3 Å². The first-order valence-corrected chi connectivity index (χ1v) is 9.00. The van der Waals surface area contributed by atoms with E-state index in [2.05, 4.69) is 4.98 Å². The first-order chi connectivity index (χ1) is 12.0. The van der Waals surface area contributed by atoms with E-state index in [9.17, 15) is 4.79 Å². The number of benzene rings is 1. The summed E-state index contributed by atoms with van der Waals surface area (Å²) in [6.45, 7) is 0.376. The highest BCUT2D eigenvalue weighted by atomic mass is 35.5. The van der Waals surface area contributed by atoms with E-state index in [-0.39, 0.29) is 5.91 Å². The fourth-order valence-corrected chi connectivity index (χ4v) is 3.61. The highest BCUT2D eigenvalue weighted by Crippen LogP contribution is 2.24. The number of likely N-dealkylation sites (N-methyl/N-ethyl adjacent to an activating group) is 1. The number of fused-ring (bicyclic) bond motifs is 1. The average Bonchev–Trinajstić information content (AvgIpc) is 3.13. The Balaban J connectivity index is 1.76. The maximum absolute atomic E-state index is 12.4. The number of thiazole rings is 1. The number of methoxy groups -OCH3 is 1. The van der Waals surface area contributed by atoms with Crippen LogP contribution in [0.15, 0.2) is 35.9 Å². The fourth-order valence-electron chi connectivity index (χ4n) is 2.41. The lowest BCUT2D eigenvalue weighted by Gasteiger charge is -2.17. The second-order valence-electron chi connectivity index (χ2n) is 5.33. The number of ether oxygens (including phenoxy) is 1. The predicted octanol–water partition coefficient (Wildman–Crippen LogP) is 4.38. The summed E-state index contributed by atoms with van der Waals surface area (Å²) in [5, 5.41) is 2.88. The van der Waals surface area contributed by atoms with Gasteiger partial charge in [0.15, 0.2) is 10.1 Å². The summed E-state index contributed by atoms with van der Waals surface area (Å²) >= 11 is 13.6. The van der Waals surface area contributed by atoms with E-state index in [1.165, 1.54) is 17.4 Å². The highest BCUT2D eigenvalue weighted by Gasteiger charge is 2.12. The van der Waals surface area contributed by atoms with E-state index < -0.39 is 0 Å². The summed E-state index contributed by atoms with van der Waals surface area (Å²) in [7, 11) is 3.30. The van der Waals surface area contributed by atoms with Gasteiger partial charge in [-0.15, -0.1) is 11.3 Å². The third kappa shape index (κ3) is 3.81. The van der Waals surface area contributed by atoms with Crippen molar-refractivity contribution in [1.82, 2.24) is 14.3 Å². The monoisotopic (exact) mass is 395 g/mol. The average molecular weight is 396 g/mol. The molecule has 0 aliphatic carbocycles. The van der Waals surface area contributed by atoms with E-state index in [1.54, 1.807) is 43.3 Å². The van der Waals surface area contributed by atoms with E-state index in [1.807, 2.05) is 16.0 Å². The Hall–Kier alpha value is -2.02. The van der Waals surface area contributed by atoms with E-state index in [4.69, 9.17) is 27.9 Å². The van der Waals surface area contributed by atoms with Gasteiger partial charge in [-0.05, 0) is 24.3 Å². The second kappa shape index (κ2) is 7.47. The number of aromatic nitrogens is 2. The molecule has 0 unspecified atom stereocenters. The number of carbonyl (C=O) groups excluding carboxylic acids is 1.